The molecule has 1 rings (SSSR count). The van der Waals surface area contributed by atoms with Gasteiger partial charge in [-0.25, -0.2) is 4.79 Å². The van der Waals surface area contributed by atoms with Gasteiger partial charge in [-0.3, -0.25) is 9.59 Å². The Morgan fingerprint density at radius 1 is 1.25 bits per heavy atom. The van der Waals surface area contributed by atoms with Crippen LogP contribution in [0.15, 0.2) is 24.3 Å². The zero-order chi connectivity index (χ0) is 18.1. The first kappa shape index (κ1) is 19.4. The SMILES string of the molecule is COC(=O)COc1cccc(NC(=O)CNC(=O)[C@@H](N)C(C)C)c1. The standard InChI is InChI=1S/C16H23N3O5/c1-10(2)15(17)16(22)18-8-13(20)19-11-5-4-6-12(7-11)24-9-14(21)23-3/h4-7,10,15H,8-9,17H2,1-3H3,(H,18,22)(H,19,20)/t15-/m0/s1. The molecule has 24 heavy (non-hydrogen) atoms. The van der Waals surface area contributed by atoms with Gasteiger partial charge in [0.15, 0.2) is 6.61 Å². The molecule has 0 saturated heterocycles. The maximum Gasteiger partial charge on any atom is 0.343 e. The van der Waals surface area contributed by atoms with Crippen molar-refractivity contribution in [3.63, 3.8) is 0 Å². The van der Waals surface area contributed by atoms with E-state index in [1.165, 1.54) is 7.11 Å². The monoisotopic (exact) mass is 337 g/mol. The number of amides is 2. The highest BCUT2D eigenvalue weighted by Crippen LogP contribution is 2.17. The minimum absolute atomic E-state index is 0.0169. The highest BCUT2D eigenvalue weighted by atomic mass is 16.6. The van der Waals surface area contributed by atoms with Crippen molar-refractivity contribution in [3.05, 3.63) is 24.3 Å². The zero-order valence-electron chi connectivity index (χ0n) is 14.0. The number of methoxy groups -OCH3 is 1. The van der Waals surface area contributed by atoms with Crippen LogP contribution in [0.5, 0.6) is 5.75 Å². The third kappa shape index (κ3) is 6.66. The van der Waals surface area contributed by atoms with Gasteiger partial charge in [-0.1, -0.05) is 19.9 Å². The summed E-state index contributed by atoms with van der Waals surface area (Å²) in [6.07, 6.45) is 0. The summed E-state index contributed by atoms with van der Waals surface area (Å²) in [5, 5.41) is 5.09. The fourth-order valence-corrected chi connectivity index (χ4v) is 1.66. The van der Waals surface area contributed by atoms with Gasteiger partial charge in [-0.2, -0.15) is 0 Å². The van der Waals surface area contributed by atoms with Crippen molar-refractivity contribution < 1.29 is 23.9 Å². The van der Waals surface area contributed by atoms with Gasteiger partial charge in [-0.05, 0) is 18.1 Å². The van der Waals surface area contributed by atoms with Crippen LogP contribution in [-0.4, -0.2) is 44.1 Å². The maximum atomic E-state index is 11.9. The largest absolute Gasteiger partial charge is 0.482 e. The summed E-state index contributed by atoms with van der Waals surface area (Å²) in [7, 11) is 1.27. The average molecular weight is 337 g/mol. The molecule has 0 aliphatic rings. The van der Waals surface area contributed by atoms with E-state index in [9.17, 15) is 14.4 Å². The van der Waals surface area contributed by atoms with Crippen LogP contribution in [0.25, 0.3) is 0 Å². The molecule has 0 aromatic heterocycles. The Hall–Kier alpha value is -2.61. The van der Waals surface area contributed by atoms with Crippen molar-refractivity contribution in [2.75, 3.05) is 25.6 Å². The minimum Gasteiger partial charge on any atom is -0.482 e. The highest BCUT2D eigenvalue weighted by molar-refractivity contribution is 5.95. The Bertz CT molecular complexity index is 589. The molecule has 8 heteroatoms. The van der Waals surface area contributed by atoms with Gasteiger partial charge >= 0.3 is 5.97 Å². The topological polar surface area (TPSA) is 120 Å². The number of esters is 1. The second-order valence-electron chi connectivity index (χ2n) is 5.43. The van der Waals surface area contributed by atoms with Gasteiger partial charge in [0.05, 0.1) is 19.7 Å². The quantitative estimate of drug-likeness (QED) is 0.586. The molecule has 2 amide bonds. The minimum atomic E-state index is -0.659. The van der Waals surface area contributed by atoms with E-state index in [1.54, 1.807) is 24.3 Å². The van der Waals surface area contributed by atoms with Crippen molar-refractivity contribution in [2.45, 2.75) is 19.9 Å². The van der Waals surface area contributed by atoms with Crippen LogP contribution in [0.3, 0.4) is 0 Å². The Balaban J connectivity index is 2.49. The van der Waals surface area contributed by atoms with E-state index in [1.807, 2.05) is 13.8 Å². The third-order valence-electron chi connectivity index (χ3n) is 3.15. The van der Waals surface area contributed by atoms with Crippen LogP contribution in [-0.2, 0) is 19.1 Å². The summed E-state index contributed by atoms with van der Waals surface area (Å²) in [5.41, 5.74) is 6.17. The van der Waals surface area contributed by atoms with Crippen molar-refractivity contribution in [3.8, 4) is 5.75 Å². The number of nitrogens with one attached hydrogen (secondary N) is 2. The predicted molar refractivity (Wildman–Crippen MR) is 88.4 cm³/mol. The lowest BCUT2D eigenvalue weighted by Crippen LogP contribution is -2.46. The number of benzene rings is 1. The van der Waals surface area contributed by atoms with Crippen LogP contribution >= 0.6 is 0 Å². The summed E-state index contributed by atoms with van der Waals surface area (Å²) in [6, 6.07) is 5.86. The number of rotatable bonds is 8. The molecule has 1 aromatic carbocycles. The first-order valence-corrected chi connectivity index (χ1v) is 7.46. The van der Waals surface area contributed by atoms with Gasteiger partial charge in [0.1, 0.15) is 5.75 Å². The summed E-state index contributed by atoms with van der Waals surface area (Å²) in [4.78, 5) is 34.6. The number of hydrogen-bond acceptors (Lipinski definition) is 6. The number of nitrogens with two attached hydrogens (primary N) is 1. The second kappa shape index (κ2) is 9.51. The van der Waals surface area contributed by atoms with E-state index < -0.39 is 17.9 Å². The Morgan fingerprint density at radius 2 is 1.96 bits per heavy atom. The van der Waals surface area contributed by atoms with Crippen molar-refractivity contribution in [2.24, 2.45) is 11.7 Å². The van der Waals surface area contributed by atoms with Crippen LogP contribution in [0.2, 0.25) is 0 Å². The van der Waals surface area contributed by atoms with E-state index in [4.69, 9.17) is 10.5 Å². The molecule has 0 unspecified atom stereocenters. The zero-order valence-corrected chi connectivity index (χ0v) is 14.0. The van der Waals surface area contributed by atoms with Gasteiger partial charge < -0.3 is 25.8 Å². The van der Waals surface area contributed by atoms with Crippen LogP contribution < -0.4 is 21.1 Å². The highest BCUT2D eigenvalue weighted by Gasteiger charge is 2.17. The summed E-state index contributed by atoms with van der Waals surface area (Å²) < 4.78 is 9.70. The van der Waals surface area contributed by atoms with Gasteiger partial charge in [-0.15, -0.1) is 0 Å². The first-order chi connectivity index (χ1) is 11.3. The summed E-state index contributed by atoms with van der Waals surface area (Å²) >= 11 is 0. The van der Waals surface area contributed by atoms with Crippen LogP contribution in [0.4, 0.5) is 5.69 Å². The number of ether oxygens (including phenoxy) is 2. The Labute approximate surface area is 140 Å². The van der Waals surface area contributed by atoms with E-state index in [-0.39, 0.29) is 25.0 Å². The van der Waals surface area contributed by atoms with Crippen molar-refractivity contribution >= 4 is 23.5 Å². The van der Waals surface area contributed by atoms with Gasteiger partial charge in [0.2, 0.25) is 11.8 Å². The Morgan fingerprint density at radius 3 is 2.58 bits per heavy atom. The van der Waals surface area contributed by atoms with Gasteiger partial charge in [0.25, 0.3) is 0 Å². The summed E-state index contributed by atoms with van der Waals surface area (Å²) in [6.45, 7) is 3.23. The fraction of sp³-hybridized carbons (Fsp3) is 0.438. The Kier molecular flexibility index (Phi) is 7.70. The van der Waals surface area contributed by atoms with Gasteiger partial charge in [0, 0.05) is 11.8 Å². The van der Waals surface area contributed by atoms with E-state index in [0.717, 1.165) is 0 Å². The molecule has 1 aromatic rings. The fourth-order valence-electron chi connectivity index (χ4n) is 1.66. The molecule has 0 aliphatic carbocycles. The molecule has 0 saturated carbocycles. The number of hydrogen-bond donors (Lipinski definition) is 3. The molecule has 8 nitrogen and oxygen atoms in total. The third-order valence-corrected chi connectivity index (χ3v) is 3.15. The molecule has 0 heterocycles. The number of carbonyl (C=O) groups is 3. The van der Waals surface area contributed by atoms with Crippen molar-refractivity contribution in [1.82, 2.24) is 5.32 Å². The molecule has 0 spiro atoms. The lowest BCUT2D eigenvalue weighted by atomic mass is 10.1. The molecule has 0 bridgehead atoms. The lowest BCUT2D eigenvalue weighted by molar-refractivity contribution is -0.142. The smallest absolute Gasteiger partial charge is 0.343 e. The predicted octanol–water partition coefficient (Wildman–Crippen LogP) is 0.276. The van der Waals surface area contributed by atoms with Crippen LogP contribution in [0, 0.1) is 5.92 Å². The lowest BCUT2D eigenvalue weighted by Gasteiger charge is -2.15. The molecule has 0 aliphatic heterocycles. The first-order valence-electron chi connectivity index (χ1n) is 7.46. The molecule has 0 fully saturated rings. The molecule has 132 valence electrons. The number of carbonyl (C=O) groups excluding carboxylic acids is 3. The van der Waals surface area contributed by atoms with E-state index in [0.29, 0.717) is 11.4 Å². The van der Waals surface area contributed by atoms with E-state index in [2.05, 4.69) is 15.4 Å². The normalized spacial score (nSPS) is 11.5. The average Bonchev–Trinajstić information content (AvgIpc) is 2.57. The summed E-state index contributed by atoms with van der Waals surface area (Å²) in [5.74, 6) is -0.894. The molecule has 1 atom stereocenters. The number of anilines is 1. The molecular weight excluding hydrogens is 314 g/mol. The second-order valence-corrected chi connectivity index (χ2v) is 5.43. The van der Waals surface area contributed by atoms with Crippen molar-refractivity contribution in [1.29, 1.82) is 0 Å². The molecule has 4 N–H and O–H groups in total. The van der Waals surface area contributed by atoms with E-state index >= 15 is 0 Å². The molecular formula is C16H23N3O5. The molecule has 0 radical (unpaired) electrons. The maximum absolute atomic E-state index is 11.9. The van der Waals surface area contributed by atoms with Crippen LogP contribution in [0.1, 0.15) is 13.8 Å².